The van der Waals surface area contributed by atoms with Gasteiger partial charge in [-0.2, -0.15) is 0 Å². The lowest BCUT2D eigenvalue weighted by atomic mass is 10.1. The van der Waals surface area contributed by atoms with E-state index >= 15 is 0 Å². The molecule has 2 N–H and O–H groups in total. The minimum Gasteiger partial charge on any atom is -0.335 e. The number of hydrogen-bond acceptors (Lipinski definition) is 5. The molecule has 4 amide bonds. The van der Waals surface area contributed by atoms with E-state index in [-0.39, 0.29) is 29.9 Å². The Hall–Kier alpha value is -3.29. The maximum Gasteiger partial charge on any atom is 0.319 e. The highest BCUT2D eigenvalue weighted by molar-refractivity contribution is 6.22. The van der Waals surface area contributed by atoms with Gasteiger partial charge in [0, 0.05) is 42.8 Å². The molecule has 0 bridgehead atoms. The van der Waals surface area contributed by atoms with Crippen molar-refractivity contribution in [2.75, 3.05) is 5.32 Å². The maximum atomic E-state index is 12.5. The van der Waals surface area contributed by atoms with E-state index in [1.54, 1.807) is 36.8 Å². The summed E-state index contributed by atoms with van der Waals surface area (Å²) in [4.78, 5) is 46.5. The number of nitrogens with one attached hydrogen (secondary N) is 2. The summed E-state index contributed by atoms with van der Waals surface area (Å²) < 4.78 is 0. The molecule has 1 aliphatic heterocycles. The van der Waals surface area contributed by atoms with Gasteiger partial charge in [0.15, 0.2) is 0 Å². The Kier molecular flexibility index (Phi) is 4.31. The summed E-state index contributed by atoms with van der Waals surface area (Å²) in [5, 5.41) is 5.54. The van der Waals surface area contributed by atoms with Gasteiger partial charge in [-0.25, -0.2) is 4.79 Å². The minimum atomic E-state index is -0.387. The fraction of sp³-hybridized carbons (Fsp3) is 0.316. The number of imide groups is 1. The Morgan fingerprint density at radius 1 is 1.22 bits per heavy atom. The zero-order valence-corrected chi connectivity index (χ0v) is 14.8. The van der Waals surface area contributed by atoms with Crippen LogP contribution in [0.2, 0.25) is 0 Å². The van der Waals surface area contributed by atoms with Crippen LogP contribution in [0.1, 0.15) is 46.2 Å². The molecular formula is C19H19N5O3. The van der Waals surface area contributed by atoms with Crippen LogP contribution in [0.15, 0.2) is 36.8 Å². The zero-order chi connectivity index (χ0) is 19.0. The van der Waals surface area contributed by atoms with Gasteiger partial charge in [-0.1, -0.05) is 0 Å². The first kappa shape index (κ1) is 17.1. The van der Waals surface area contributed by atoms with Crippen LogP contribution in [0.25, 0.3) is 0 Å². The van der Waals surface area contributed by atoms with Crippen molar-refractivity contribution in [3.63, 3.8) is 0 Å². The normalized spacial score (nSPS) is 16.9. The molecule has 27 heavy (non-hydrogen) atoms. The number of anilines is 1. The lowest BCUT2D eigenvalue weighted by molar-refractivity contribution is 0.0642. The number of urea groups is 1. The average molecular weight is 365 g/mol. The van der Waals surface area contributed by atoms with Crippen molar-refractivity contribution in [3.05, 3.63) is 53.6 Å². The van der Waals surface area contributed by atoms with Crippen LogP contribution < -0.4 is 10.6 Å². The van der Waals surface area contributed by atoms with E-state index < -0.39 is 0 Å². The Bertz CT molecular complexity index is 911. The molecule has 1 aromatic carbocycles. The highest BCUT2D eigenvalue weighted by Crippen LogP contribution is 2.35. The van der Waals surface area contributed by atoms with Crippen LogP contribution in [0.4, 0.5) is 10.5 Å². The minimum absolute atomic E-state index is 0.0269. The molecule has 2 heterocycles. The SMILES string of the molecule is CC(Cc1cnccn1)NC(=O)Nc1ccc2c(c1)C(=O)N(C1CC1)C2=O. The van der Waals surface area contributed by atoms with Gasteiger partial charge in [-0.3, -0.25) is 24.5 Å². The van der Waals surface area contributed by atoms with Crippen LogP contribution in [0.5, 0.6) is 0 Å². The molecule has 1 unspecified atom stereocenters. The molecule has 1 aromatic heterocycles. The molecule has 1 fully saturated rings. The van der Waals surface area contributed by atoms with Gasteiger partial charge in [0.05, 0.1) is 16.8 Å². The number of nitrogens with zero attached hydrogens (tertiary/aromatic N) is 3. The van der Waals surface area contributed by atoms with E-state index in [0.717, 1.165) is 18.5 Å². The highest BCUT2D eigenvalue weighted by atomic mass is 16.2. The first-order valence-corrected chi connectivity index (χ1v) is 8.87. The van der Waals surface area contributed by atoms with Crippen molar-refractivity contribution in [2.45, 2.75) is 38.3 Å². The standard InChI is InChI=1S/C19H19N5O3/c1-11(8-13-10-20-6-7-21-13)22-19(27)23-12-2-5-15-16(9-12)18(26)24(17(15)25)14-3-4-14/h2,5-7,9-11,14H,3-4,8H2,1H3,(H2,22,23,27). The van der Waals surface area contributed by atoms with Gasteiger partial charge in [-0.05, 0) is 38.0 Å². The van der Waals surface area contributed by atoms with Crippen molar-refractivity contribution in [3.8, 4) is 0 Å². The molecule has 1 saturated carbocycles. The molecule has 0 radical (unpaired) electrons. The van der Waals surface area contributed by atoms with Gasteiger partial charge >= 0.3 is 6.03 Å². The maximum absolute atomic E-state index is 12.5. The number of carbonyl (C=O) groups is 3. The third-order valence-corrected chi connectivity index (χ3v) is 4.60. The van der Waals surface area contributed by atoms with Gasteiger partial charge in [0.2, 0.25) is 0 Å². The summed E-state index contributed by atoms with van der Waals surface area (Å²) >= 11 is 0. The lowest BCUT2D eigenvalue weighted by Gasteiger charge is -2.14. The number of hydrogen-bond donors (Lipinski definition) is 2. The van der Waals surface area contributed by atoms with Crippen LogP contribution in [0.3, 0.4) is 0 Å². The molecule has 1 atom stereocenters. The molecule has 1 aliphatic carbocycles. The van der Waals surface area contributed by atoms with Crippen LogP contribution >= 0.6 is 0 Å². The van der Waals surface area contributed by atoms with Crippen molar-refractivity contribution in [1.82, 2.24) is 20.2 Å². The van der Waals surface area contributed by atoms with Crippen molar-refractivity contribution in [1.29, 1.82) is 0 Å². The van der Waals surface area contributed by atoms with Crippen molar-refractivity contribution >= 4 is 23.5 Å². The molecule has 0 spiro atoms. The topological polar surface area (TPSA) is 104 Å². The summed E-state index contributed by atoms with van der Waals surface area (Å²) in [5.74, 6) is -0.524. The monoisotopic (exact) mass is 365 g/mol. The average Bonchev–Trinajstić information content (AvgIpc) is 3.43. The number of amides is 4. The Balaban J connectivity index is 1.39. The largest absolute Gasteiger partial charge is 0.335 e. The molecule has 8 heteroatoms. The molecule has 2 aromatic rings. The van der Waals surface area contributed by atoms with E-state index in [0.29, 0.717) is 23.2 Å². The molecule has 8 nitrogen and oxygen atoms in total. The van der Waals surface area contributed by atoms with Crippen molar-refractivity contribution in [2.24, 2.45) is 0 Å². The number of fused-ring (bicyclic) bond motifs is 1. The van der Waals surface area contributed by atoms with E-state index in [9.17, 15) is 14.4 Å². The summed E-state index contributed by atoms with van der Waals surface area (Å²) in [6.07, 6.45) is 7.14. The summed E-state index contributed by atoms with van der Waals surface area (Å²) in [5.41, 5.74) is 2.00. The van der Waals surface area contributed by atoms with Crippen LogP contribution in [0, 0.1) is 0 Å². The second kappa shape index (κ2) is 6.79. The van der Waals surface area contributed by atoms with Gasteiger partial charge in [0.1, 0.15) is 0 Å². The fourth-order valence-corrected chi connectivity index (χ4v) is 3.19. The Labute approximate surface area is 156 Å². The van der Waals surface area contributed by atoms with E-state index in [4.69, 9.17) is 0 Å². The van der Waals surface area contributed by atoms with Crippen LogP contribution in [-0.2, 0) is 6.42 Å². The third-order valence-electron chi connectivity index (χ3n) is 4.60. The predicted octanol–water partition coefficient (Wildman–Crippen LogP) is 1.99. The fourth-order valence-electron chi connectivity index (χ4n) is 3.19. The van der Waals surface area contributed by atoms with Crippen molar-refractivity contribution < 1.29 is 14.4 Å². The van der Waals surface area contributed by atoms with Gasteiger partial charge < -0.3 is 10.6 Å². The number of aromatic nitrogens is 2. The molecule has 0 saturated heterocycles. The Morgan fingerprint density at radius 3 is 2.70 bits per heavy atom. The highest BCUT2D eigenvalue weighted by Gasteiger charge is 2.44. The first-order valence-electron chi connectivity index (χ1n) is 8.87. The Morgan fingerprint density at radius 2 is 2.00 bits per heavy atom. The third kappa shape index (κ3) is 3.51. The van der Waals surface area contributed by atoms with E-state index in [2.05, 4.69) is 20.6 Å². The number of carbonyl (C=O) groups excluding carboxylic acids is 3. The van der Waals surface area contributed by atoms with E-state index in [1.807, 2.05) is 6.92 Å². The van der Waals surface area contributed by atoms with Crippen LogP contribution in [-0.4, -0.2) is 44.8 Å². The molecule has 138 valence electrons. The first-order chi connectivity index (χ1) is 13.0. The number of benzene rings is 1. The summed E-state index contributed by atoms with van der Waals surface area (Å²) in [6, 6.07) is 4.28. The molecule has 2 aliphatic rings. The molecule has 4 rings (SSSR count). The quantitative estimate of drug-likeness (QED) is 0.789. The van der Waals surface area contributed by atoms with Gasteiger partial charge in [0.25, 0.3) is 11.8 Å². The number of rotatable bonds is 5. The lowest BCUT2D eigenvalue weighted by Crippen LogP contribution is -2.37. The van der Waals surface area contributed by atoms with Gasteiger partial charge in [-0.15, -0.1) is 0 Å². The second-order valence-electron chi connectivity index (χ2n) is 6.87. The predicted molar refractivity (Wildman–Crippen MR) is 97.3 cm³/mol. The van der Waals surface area contributed by atoms with E-state index in [1.165, 1.54) is 4.90 Å². The summed E-state index contributed by atoms with van der Waals surface area (Å²) in [6.45, 7) is 1.87. The second-order valence-corrected chi connectivity index (χ2v) is 6.87. The summed E-state index contributed by atoms with van der Waals surface area (Å²) in [7, 11) is 0. The molecular weight excluding hydrogens is 346 g/mol. The zero-order valence-electron chi connectivity index (χ0n) is 14.8. The smallest absolute Gasteiger partial charge is 0.319 e.